The molecule has 5 nitrogen and oxygen atoms in total. The molecule has 4 N–H and O–H groups in total. The van der Waals surface area contributed by atoms with Crippen molar-refractivity contribution in [2.45, 2.75) is 106 Å². The smallest absolute Gasteiger partial charge is 0.129 e. The van der Waals surface area contributed by atoms with Gasteiger partial charge in [-0.1, -0.05) is 104 Å². The van der Waals surface area contributed by atoms with Gasteiger partial charge in [-0.25, -0.2) is 4.99 Å². The molecule has 0 amide bonds. The summed E-state index contributed by atoms with van der Waals surface area (Å²) in [6.45, 7) is 22.6. The van der Waals surface area contributed by atoms with Gasteiger partial charge in [0.05, 0.1) is 5.69 Å². The quantitative estimate of drug-likeness (QED) is 0.0937. The van der Waals surface area contributed by atoms with Crippen LogP contribution >= 0.6 is 11.8 Å². The van der Waals surface area contributed by atoms with Gasteiger partial charge in [-0.3, -0.25) is 4.99 Å². The molecule has 6 heteroatoms. The Morgan fingerprint density at radius 2 is 1.74 bits per heavy atom. The summed E-state index contributed by atoms with van der Waals surface area (Å²) < 4.78 is 0. The van der Waals surface area contributed by atoms with E-state index in [1.165, 1.54) is 53.4 Å². The number of aliphatic imine (C=N–C) groups is 2. The lowest BCUT2D eigenvalue weighted by Crippen LogP contribution is -2.16. The second-order valence-electron chi connectivity index (χ2n) is 11.3. The topological polar surface area (TPSA) is 83.0 Å². The largest absolute Gasteiger partial charge is 0.512 e. The van der Waals surface area contributed by atoms with Gasteiger partial charge < -0.3 is 16.2 Å². The Morgan fingerprint density at radius 3 is 2.31 bits per heavy atom. The molecule has 42 heavy (non-hydrogen) atoms. The Bertz CT molecular complexity index is 1260. The summed E-state index contributed by atoms with van der Waals surface area (Å²) in [6.07, 6.45) is 10.3. The molecule has 0 aliphatic rings. The van der Waals surface area contributed by atoms with Gasteiger partial charge in [0.25, 0.3) is 0 Å². The highest BCUT2D eigenvalue weighted by Crippen LogP contribution is 2.42. The number of hydrogen-bond acceptors (Lipinski definition) is 5. The third-order valence-electron chi connectivity index (χ3n) is 6.47. The van der Waals surface area contributed by atoms with Gasteiger partial charge in [-0.15, -0.1) is 0 Å². The fourth-order valence-corrected chi connectivity index (χ4v) is 4.74. The number of aliphatic hydroxyl groups is 1. The minimum Gasteiger partial charge on any atom is -0.512 e. The maximum Gasteiger partial charge on any atom is 0.129 e. The number of rotatable bonds is 13. The molecule has 0 saturated carbocycles. The lowest BCUT2D eigenvalue weighted by atomic mass is 9.93. The molecule has 0 aliphatic heterocycles. The molecule has 0 atom stereocenters. The van der Waals surface area contributed by atoms with Gasteiger partial charge in [0.1, 0.15) is 17.4 Å². The van der Waals surface area contributed by atoms with E-state index in [2.05, 4.69) is 86.8 Å². The lowest BCUT2D eigenvalue weighted by Gasteiger charge is -2.17. The van der Waals surface area contributed by atoms with Crippen LogP contribution < -0.4 is 11.1 Å². The summed E-state index contributed by atoms with van der Waals surface area (Å²) >= 11 is 1.75. The van der Waals surface area contributed by atoms with Gasteiger partial charge in [0.2, 0.25) is 0 Å². The first kappa shape index (κ1) is 36.8. The van der Waals surface area contributed by atoms with E-state index in [0.717, 1.165) is 29.1 Å². The van der Waals surface area contributed by atoms with Crippen LogP contribution in [0, 0.1) is 5.41 Å². The third-order valence-corrected chi connectivity index (χ3v) is 7.73. The first-order chi connectivity index (χ1) is 19.9. The molecule has 0 saturated heterocycles. The molecule has 0 spiro atoms. The molecule has 0 radical (unpaired) electrons. The van der Waals surface area contributed by atoms with Crippen LogP contribution in [-0.4, -0.2) is 17.2 Å². The molecule has 2 aromatic carbocycles. The van der Waals surface area contributed by atoms with E-state index in [4.69, 9.17) is 5.73 Å². The fourth-order valence-electron chi connectivity index (χ4n) is 3.58. The minimum absolute atomic E-state index is 0.168. The van der Waals surface area contributed by atoms with E-state index in [9.17, 15) is 5.11 Å². The monoisotopic (exact) mass is 590 g/mol. The minimum atomic E-state index is -0.403. The summed E-state index contributed by atoms with van der Waals surface area (Å²) in [5.41, 5.74) is 11.3. The standard InChI is InChI=1S/C32H44N4OS.C4H10/c1-9-12-14-24-17-18-28(34-11-3)27(19-24)31(22(4)10-2)38-26-16-13-15-25(20-26)35-23(5)36-30(33)21-29(37)32(6,7)8;1-3-4-2/h11,13,15-21,35,37H,5,9-10,12,14H2,1-4,6-8H3,(H2,33,36);3-4H2,1-2H3/b29-21-,31-22-,34-11?;. The SMILES string of the molecule is C=C(/N=C(N)\C=C(/O)C(C)(C)C)Nc1cccc(S/C(=C(/C)CC)c2cc(CCCC)ccc2N=CC)c1.CCCC. The van der Waals surface area contributed by atoms with E-state index in [0.29, 0.717) is 5.82 Å². The molecule has 2 rings (SSSR count). The number of nitrogens with one attached hydrogen (secondary N) is 1. The number of thioether (sulfide) groups is 1. The van der Waals surface area contributed by atoms with Crippen LogP contribution in [0.2, 0.25) is 0 Å². The molecular formula is C36H54N4OS. The Labute approximate surface area is 260 Å². The number of anilines is 1. The van der Waals surface area contributed by atoms with Crippen molar-refractivity contribution in [1.29, 1.82) is 0 Å². The molecular weight excluding hydrogens is 536 g/mol. The average Bonchev–Trinajstić information content (AvgIpc) is 2.94. The van der Waals surface area contributed by atoms with Gasteiger partial charge in [-0.2, -0.15) is 0 Å². The maximum atomic E-state index is 10.2. The first-order valence-electron chi connectivity index (χ1n) is 15.2. The van der Waals surface area contributed by atoms with Crippen LogP contribution in [0.25, 0.3) is 4.91 Å². The van der Waals surface area contributed by atoms with E-state index in [1.54, 1.807) is 11.8 Å². The number of nitrogens with two attached hydrogens (primary N) is 1. The second-order valence-corrected chi connectivity index (χ2v) is 12.4. The zero-order valence-electron chi connectivity index (χ0n) is 27.5. The molecule has 0 aliphatic carbocycles. The van der Waals surface area contributed by atoms with Crippen molar-refractivity contribution in [1.82, 2.24) is 0 Å². The van der Waals surface area contributed by atoms with E-state index < -0.39 is 5.41 Å². The molecule has 0 fully saturated rings. The Hall–Kier alpha value is -3.25. The molecule has 0 aromatic heterocycles. The number of aryl methyl sites for hydroxylation is 1. The van der Waals surface area contributed by atoms with Crippen molar-refractivity contribution in [3.63, 3.8) is 0 Å². The van der Waals surface area contributed by atoms with Crippen molar-refractivity contribution in [2.75, 3.05) is 5.32 Å². The number of allylic oxidation sites excluding steroid dienone is 2. The van der Waals surface area contributed by atoms with Crippen molar-refractivity contribution in [3.05, 3.63) is 83.4 Å². The number of benzene rings is 2. The molecule has 0 unspecified atom stereocenters. The van der Waals surface area contributed by atoms with Gasteiger partial charge in [-0.05, 0) is 69.0 Å². The van der Waals surface area contributed by atoms with Crippen molar-refractivity contribution < 1.29 is 5.11 Å². The van der Waals surface area contributed by atoms with Gasteiger partial charge in [0, 0.05) is 38.8 Å². The number of nitrogens with zero attached hydrogens (tertiary/aromatic N) is 2. The van der Waals surface area contributed by atoms with Crippen molar-refractivity contribution in [3.8, 4) is 0 Å². The van der Waals surface area contributed by atoms with Crippen LogP contribution in [0.1, 0.15) is 106 Å². The molecule has 0 bridgehead atoms. The fraction of sp³-hybridized carbons (Fsp3) is 0.444. The summed E-state index contributed by atoms with van der Waals surface area (Å²) in [5.74, 6) is 0.753. The second kappa shape index (κ2) is 19.0. The molecule has 0 heterocycles. The summed E-state index contributed by atoms with van der Waals surface area (Å²) in [4.78, 5) is 11.3. The zero-order valence-corrected chi connectivity index (χ0v) is 28.3. The Balaban J connectivity index is 0.00000206. The average molecular weight is 591 g/mol. The predicted octanol–water partition coefficient (Wildman–Crippen LogP) is 11.2. The van der Waals surface area contributed by atoms with E-state index in [1.807, 2.05) is 46.0 Å². The lowest BCUT2D eigenvalue weighted by molar-refractivity contribution is 0.278. The van der Waals surface area contributed by atoms with Gasteiger partial charge in [0.15, 0.2) is 0 Å². The van der Waals surface area contributed by atoms with E-state index in [-0.39, 0.29) is 11.6 Å². The number of aliphatic hydroxyl groups excluding tert-OH is 1. The summed E-state index contributed by atoms with van der Waals surface area (Å²) in [6, 6.07) is 14.8. The molecule has 2 aromatic rings. The highest BCUT2D eigenvalue weighted by atomic mass is 32.2. The van der Waals surface area contributed by atoms with Gasteiger partial charge >= 0.3 is 0 Å². The first-order valence-corrected chi connectivity index (χ1v) is 16.0. The Kier molecular flexibility index (Phi) is 16.7. The summed E-state index contributed by atoms with van der Waals surface area (Å²) in [5, 5.41) is 13.4. The van der Waals surface area contributed by atoms with Crippen LogP contribution in [0.4, 0.5) is 11.4 Å². The van der Waals surface area contributed by atoms with Crippen LogP contribution in [0.3, 0.4) is 0 Å². The number of amidine groups is 1. The van der Waals surface area contributed by atoms with Crippen LogP contribution in [-0.2, 0) is 6.42 Å². The van der Waals surface area contributed by atoms with Crippen LogP contribution in [0.15, 0.2) is 87.2 Å². The highest BCUT2D eigenvalue weighted by molar-refractivity contribution is 8.08. The Morgan fingerprint density at radius 1 is 1.05 bits per heavy atom. The molecule has 230 valence electrons. The highest BCUT2D eigenvalue weighted by Gasteiger charge is 2.16. The predicted molar refractivity (Wildman–Crippen MR) is 189 cm³/mol. The number of unbranched alkanes of at least 4 members (excludes halogenated alkanes) is 2. The van der Waals surface area contributed by atoms with Crippen LogP contribution in [0.5, 0.6) is 0 Å². The number of hydrogen-bond donors (Lipinski definition) is 3. The van der Waals surface area contributed by atoms with Crippen molar-refractivity contribution >= 4 is 40.1 Å². The maximum absolute atomic E-state index is 10.2. The van der Waals surface area contributed by atoms with E-state index >= 15 is 0 Å². The zero-order chi connectivity index (χ0) is 31.7. The normalized spacial score (nSPS) is 13.0. The van der Waals surface area contributed by atoms with Crippen molar-refractivity contribution in [2.24, 2.45) is 21.1 Å². The summed E-state index contributed by atoms with van der Waals surface area (Å²) in [7, 11) is 0. The third kappa shape index (κ3) is 13.2.